The third kappa shape index (κ3) is 3.45. The summed E-state index contributed by atoms with van der Waals surface area (Å²) in [6.45, 7) is 6.58. The van der Waals surface area contributed by atoms with E-state index in [4.69, 9.17) is 14.7 Å². The molecule has 0 saturated carbocycles. The summed E-state index contributed by atoms with van der Waals surface area (Å²) >= 11 is 0. The number of hydrogen-bond donors (Lipinski definition) is 0. The van der Waals surface area contributed by atoms with Crippen LogP contribution in [0.2, 0.25) is 0 Å². The van der Waals surface area contributed by atoms with Crippen molar-refractivity contribution in [3.05, 3.63) is 23.9 Å². The number of fused-ring (bicyclic) bond motifs is 1. The molecule has 0 unspecified atom stereocenters. The highest BCUT2D eigenvalue weighted by atomic mass is 16.6. The Morgan fingerprint density at radius 1 is 1.23 bits per heavy atom. The van der Waals surface area contributed by atoms with Gasteiger partial charge in [-0.25, -0.2) is 9.78 Å². The quantitative estimate of drug-likeness (QED) is 0.766. The van der Waals surface area contributed by atoms with Crippen molar-refractivity contribution in [1.82, 2.24) is 14.8 Å². The second-order valence-corrected chi connectivity index (χ2v) is 6.91. The molecule has 26 heavy (non-hydrogen) atoms. The molecule has 8 nitrogen and oxygen atoms in total. The molecule has 3 aliphatic rings. The number of rotatable bonds is 5. The van der Waals surface area contributed by atoms with Crippen molar-refractivity contribution in [1.29, 1.82) is 5.26 Å². The summed E-state index contributed by atoms with van der Waals surface area (Å²) in [5.41, 5.74) is 0.546. The second kappa shape index (κ2) is 7.48. The Balaban J connectivity index is 1.32. The Morgan fingerprint density at radius 2 is 2.08 bits per heavy atom. The van der Waals surface area contributed by atoms with E-state index < -0.39 is 0 Å². The topological polar surface area (TPSA) is 81.9 Å². The molecule has 8 heteroatoms. The number of nitriles is 1. The molecule has 0 aromatic carbocycles. The third-order valence-corrected chi connectivity index (χ3v) is 5.30. The van der Waals surface area contributed by atoms with Crippen LogP contribution in [-0.2, 0) is 9.47 Å². The van der Waals surface area contributed by atoms with Gasteiger partial charge in [0.25, 0.3) is 0 Å². The van der Waals surface area contributed by atoms with E-state index in [0.717, 1.165) is 45.1 Å². The maximum atomic E-state index is 12.2. The normalized spacial score (nSPS) is 25.9. The Labute approximate surface area is 152 Å². The zero-order valence-electron chi connectivity index (χ0n) is 14.7. The monoisotopic (exact) mass is 357 g/mol. The molecule has 0 spiro atoms. The average Bonchev–Trinajstić information content (AvgIpc) is 3.21. The number of carbonyl (C=O) groups is 1. The van der Waals surface area contributed by atoms with Gasteiger partial charge in [-0.3, -0.25) is 9.80 Å². The highest BCUT2D eigenvalue weighted by molar-refractivity contribution is 5.71. The number of aromatic nitrogens is 1. The zero-order valence-corrected chi connectivity index (χ0v) is 14.7. The van der Waals surface area contributed by atoms with E-state index in [2.05, 4.69) is 20.9 Å². The molecule has 0 bridgehead atoms. The van der Waals surface area contributed by atoms with Gasteiger partial charge in [-0.15, -0.1) is 0 Å². The zero-order chi connectivity index (χ0) is 17.9. The van der Waals surface area contributed by atoms with Crippen LogP contribution in [0.25, 0.3) is 0 Å². The Morgan fingerprint density at radius 3 is 2.81 bits per heavy atom. The molecule has 0 aliphatic carbocycles. The van der Waals surface area contributed by atoms with Gasteiger partial charge in [0, 0.05) is 38.9 Å². The molecule has 3 saturated heterocycles. The van der Waals surface area contributed by atoms with Crippen LogP contribution < -0.4 is 4.90 Å². The van der Waals surface area contributed by atoms with Crippen molar-refractivity contribution in [3.8, 4) is 6.07 Å². The van der Waals surface area contributed by atoms with Crippen LogP contribution in [0.4, 0.5) is 10.6 Å². The van der Waals surface area contributed by atoms with Gasteiger partial charge in [0.15, 0.2) is 0 Å². The van der Waals surface area contributed by atoms with Crippen molar-refractivity contribution in [2.75, 3.05) is 57.4 Å². The van der Waals surface area contributed by atoms with E-state index in [9.17, 15) is 4.79 Å². The van der Waals surface area contributed by atoms with E-state index in [0.29, 0.717) is 25.2 Å². The minimum atomic E-state index is -0.200. The lowest BCUT2D eigenvalue weighted by Gasteiger charge is -2.28. The molecule has 3 fully saturated rings. The number of pyridine rings is 1. The molecular weight excluding hydrogens is 334 g/mol. The molecule has 4 rings (SSSR count). The number of amides is 1. The van der Waals surface area contributed by atoms with E-state index in [-0.39, 0.29) is 18.2 Å². The van der Waals surface area contributed by atoms with Gasteiger partial charge in [0.2, 0.25) is 0 Å². The van der Waals surface area contributed by atoms with Gasteiger partial charge in [-0.05, 0) is 18.6 Å². The Bertz CT molecular complexity index is 683. The summed E-state index contributed by atoms with van der Waals surface area (Å²) in [5, 5.41) is 8.89. The fourth-order valence-corrected chi connectivity index (χ4v) is 3.88. The molecule has 3 aliphatic heterocycles. The van der Waals surface area contributed by atoms with Gasteiger partial charge in [-0.1, -0.05) is 0 Å². The first-order valence-electron chi connectivity index (χ1n) is 9.13. The molecule has 1 aromatic heterocycles. The number of hydrogen-bond acceptors (Lipinski definition) is 7. The first kappa shape index (κ1) is 17.1. The Kier molecular flexibility index (Phi) is 4.91. The van der Waals surface area contributed by atoms with Gasteiger partial charge in [0.05, 0.1) is 31.4 Å². The lowest BCUT2D eigenvalue weighted by molar-refractivity contribution is 0.0363. The third-order valence-electron chi connectivity index (χ3n) is 5.30. The van der Waals surface area contributed by atoms with Gasteiger partial charge in [0.1, 0.15) is 18.0 Å². The van der Waals surface area contributed by atoms with E-state index in [1.807, 2.05) is 11.0 Å². The molecule has 0 N–H and O–H groups in total. The van der Waals surface area contributed by atoms with Crippen LogP contribution in [0.3, 0.4) is 0 Å². The van der Waals surface area contributed by atoms with Crippen LogP contribution in [0.5, 0.6) is 0 Å². The first-order chi connectivity index (χ1) is 12.7. The lowest BCUT2D eigenvalue weighted by atomic mass is 10.2. The van der Waals surface area contributed by atoms with Crippen LogP contribution in [-0.4, -0.2) is 85.5 Å². The highest BCUT2D eigenvalue weighted by Gasteiger charge is 2.47. The largest absolute Gasteiger partial charge is 0.442 e. The van der Waals surface area contributed by atoms with Crippen LogP contribution in [0, 0.1) is 11.3 Å². The van der Waals surface area contributed by atoms with Crippen molar-refractivity contribution in [2.24, 2.45) is 0 Å². The number of carbonyl (C=O) groups excluding carboxylic acids is 1. The molecule has 0 radical (unpaired) electrons. The SMILES string of the molecule is N#Cc1ccc(N2C[C@@H]3OC(=O)N(CCCN4CCOCC4)[C@@H]3C2)nc1. The van der Waals surface area contributed by atoms with Gasteiger partial charge >= 0.3 is 6.09 Å². The summed E-state index contributed by atoms with van der Waals surface area (Å²) < 4.78 is 10.9. The van der Waals surface area contributed by atoms with Crippen LogP contribution in [0.15, 0.2) is 18.3 Å². The fourth-order valence-electron chi connectivity index (χ4n) is 3.88. The highest BCUT2D eigenvalue weighted by Crippen LogP contribution is 2.29. The van der Waals surface area contributed by atoms with Gasteiger partial charge < -0.3 is 14.4 Å². The van der Waals surface area contributed by atoms with Crippen molar-refractivity contribution >= 4 is 11.9 Å². The van der Waals surface area contributed by atoms with E-state index >= 15 is 0 Å². The van der Waals surface area contributed by atoms with Gasteiger partial charge in [-0.2, -0.15) is 5.26 Å². The molecular formula is C18H23N5O3. The van der Waals surface area contributed by atoms with Crippen LogP contribution >= 0.6 is 0 Å². The average molecular weight is 357 g/mol. The minimum Gasteiger partial charge on any atom is -0.442 e. The molecule has 1 amide bonds. The number of nitrogens with zero attached hydrogens (tertiary/aromatic N) is 5. The summed E-state index contributed by atoms with van der Waals surface area (Å²) in [6, 6.07) is 5.77. The molecule has 1 aromatic rings. The fraction of sp³-hybridized carbons (Fsp3) is 0.611. The van der Waals surface area contributed by atoms with Crippen molar-refractivity contribution < 1.29 is 14.3 Å². The number of morpholine rings is 1. The number of anilines is 1. The predicted octanol–water partition coefficient (Wildman–Crippen LogP) is 0.685. The lowest BCUT2D eigenvalue weighted by Crippen LogP contribution is -2.41. The maximum absolute atomic E-state index is 12.2. The number of ether oxygens (including phenoxy) is 2. The summed E-state index contributed by atoms with van der Waals surface area (Å²) in [4.78, 5) is 22.9. The van der Waals surface area contributed by atoms with E-state index in [1.165, 1.54) is 0 Å². The summed E-state index contributed by atoms with van der Waals surface area (Å²) in [6.07, 6.45) is 2.21. The molecule has 4 heterocycles. The maximum Gasteiger partial charge on any atom is 0.410 e. The second-order valence-electron chi connectivity index (χ2n) is 6.91. The first-order valence-corrected chi connectivity index (χ1v) is 9.13. The van der Waals surface area contributed by atoms with Crippen molar-refractivity contribution in [2.45, 2.75) is 18.6 Å². The molecule has 2 atom stereocenters. The van der Waals surface area contributed by atoms with E-state index in [1.54, 1.807) is 12.3 Å². The smallest absolute Gasteiger partial charge is 0.410 e. The summed E-state index contributed by atoms with van der Waals surface area (Å²) in [7, 11) is 0. The predicted molar refractivity (Wildman–Crippen MR) is 93.8 cm³/mol. The standard InChI is InChI=1S/C18H23N5O3/c19-10-14-2-3-17(20-11-14)22-12-15-16(13-22)26-18(24)23(15)5-1-4-21-6-8-25-9-7-21/h2-3,11,15-16H,1,4-9,12-13H2/t15-,16+/m1/s1. The Hall–Kier alpha value is -2.37. The van der Waals surface area contributed by atoms with Crippen LogP contribution in [0.1, 0.15) is 12.0 Å². The summed E-state index contributed by atoms with van der Waals surface area (Å²) in [5.74, 6) is 0.822. The minimum absolute atomic E-state index is 0.0737. The van der Waals surface area contributed by atoms with Crippen molar-refractivity contribution in [3.63, 3.8) is 0 Å². The molecule has 138 valence electrons.